The number of nitro groups is 1. The van der Waals surface area contributed by atoms with Gasteiger partial charge in [-0.1, -0.05) is 12.1 Å². The summed E-state index contributed by atoms with van der Waals surface area (Å²) in [5, 5.41) is 10.7. The molecule has 0 fully saturated rings. The van der Waals surface area contributed by atoms with E-state index in [0.717, 1.165) is 10.1 Å². The Bertz CT molecular complexity index is 1020. The van der Waals surface area contributed by atoms with Gasteiger partial charge in [-0.05, 0) is 5.56 Å². The van der Waals surface area contributed by atoms with Gasteiger partial charge in [0, 0.05) is 25.6 Å². The summed E-state index contributed by atoms with van der Waals surface area (Å²) in [6, 6.07) is 5.91. The molecule has 3 rings (SSSR count). The maximum atomic E-state index is 12.5. The fourth-order valence-electron chi connectivity index (χ4n) is 2.38. The van der Waals surface area contributed by atoms with Gasteiger partial charge in [0.15, 0.2) is 11.2 Å². The molecule has 2 aromatic heterocycles. The molecule has 0 spiro atoms. The number of hydrogen-bond donors (Lipinski definition) is 1. The summed E-state index contributed by atoms with van der Waals surface area (Å²) in [5.41, 5.74) is 5.98. The van der Waals surface area contributed by atoms with Crippen LogP contribution in [0.25, 0.3) is 11.2 Å². The number of nitrogen functional groups attached to an aromatic ring is 1. The summed E-state index contributed by atoms with van der Waals surface area (Å²) in [5.74, 6) is -0.768. The second kappa shape index (κ2) is 6.81. The predicted octanol–water partition coefficient (Wildman–Crippen LogP) is 1.37. The van der Waals surface area contributed by atoms with Gasteiger partial charge in [0.1, 0.15) is 0 Å². The Morgan fingerprint density at radius 1 is 1.32 bits per heavy atom. The number of nitrogens with zero attached hydrogens (tertiary/aromatic N) is 5. The standard InChI is InChI=1S/C14H12N6O4.BrH/c1-8(21)19-13(22)11-12(17-14(19)15)16-7-18(11)6-9-2-4-10(5-3-9)20(23)24;/h2-5,7H,6H2,1H3,(H2,15,17);1H. The van der Waals surface area contributed by atoms with Crippen molar-refractivity contribution < 1.29 is 9.72 Å². The Hall–Kier alpha value is -3.08. The van der Waals surface area contributed by atoms with Gasteiger partial charge in [0.2, 0.25) is 11.9 Å². The molecule has 10 nitrogen and oxygen atoms in total. The van der Waals surface area contributed by atoms with Gasteiger partial charge in [-0.15, -0.1) is 17.0 Å². The van der Waals surface area contributed by atoms with Gasteiger partial charge in [0.05, 0.1) is 11.3 Å². The molecule has 2 N–H and O–H groups in total. The van der Waals surface area contributed by atoms with Gasteiger partial charge in [-0.25, -0.2) is 9.55 Å². The number of carbonyl (C=O) groups is 1. The molecule has 0 radical (unpaired) electrons. The Kier molecular flexibility index (Phi) is 4.97. The number of benzene rings is 1. The third-order valence-electron chi connectivity index (χ3n) is 3.49. The number of carbonyl (C=O) groups excluding carboxylic acids is 1. The second-order valence-corrected chi connectivity index (χ2v) is 5.10. The molecule has 0 atom stereocenters. The molecule has 0 bridgehead atoms. The summed E-state index contributed by atoms with van der Waals surface area (Å²) in [7, 11) is 0. The number of hydrogen-bond acceptors (Lipinski definition) is 7. The summed E-state index contributed by atoms with van der Waals surface area (Å²) < 4.78 is 2.29. The van der Waals surface area contributed by atoms with Crippen LogP contribution in [0.3, 0.4) is 0 Å². The van der Waals surface area contributed by atoms with Crippen LogP contribution in [0.2, 0.25) is 0 Å². The first-order chi connectivity index (χ1) is 11.4. The van der Waals surface area contributed by atoms with E-state index in [0.29, 0.717) is 0 Å². The van der Waals surface area contributed by atoms with Crippen molar-refractivity contribution in [1.29, 1.82) is 0 Å². The molecule has 0 amide bonds. The lowest BCUT2D eigenvalue weighted by Crippen LogP contribution is -2.29. The zero-order valence-electron chi connectivity index (χ0n) is 12.9. The largest absolute Gasteiger partial charge is 0.369 e. The smallest absolute Gasteiger partial charge is 0.288 e. The summed E-state index contributed by atoms with van der Waals surface area (Å²) in [4.78, 5) is 42.2. The Morgan fingerprint density at radius 3 is 2.52 bits per heavy atom. The van der Waals surface area contributed by atoms with Crippen LogP contribution in [0, 0.1) is 10.1 Å². The molecule has 0 saturated heterocycles. The number of rotatable bonds is 3. The summed E-state index contributed by atoms with van der Waals surface area (Å²) >= 11 is 0. The van der Waals surface area contributed by atoms with E-state index in [9.17, 15) is 19.7 Å². The van der Waals surface area contributed by atoms with Crippen LogP contribution in [0.1, 0.15) is 17.3 Å². The predicted molar refractivity (Wildman–Crippen MR) is 95.0 cm³/mol. The first-order valence-electron chi connectivity index (χ1n) is 6.86. The number of anilines is 1. The minimum atomic E-state index is -0.607. The monoisotopic (exact) mass is 408 g/mol. The highest BCUT2D eigenvalue weighted by atomic mass is 79.9. The molecule has 25 heavy (non-hydrogen) atoms. The van der Waals surface area contributed by atoms with Crippen LogP contribution < -0.4 is 11.3 Å². The molecule has 0 aliphatic carbocycles. The number of imidazole rings is 1. The zero-order valence-corrected chi connectivity index (χ0v) is 14.7. The Balaban J connectivity index is 0.00000225. The van der Waals surface area contributed by atoms with Crippen LogP contribution in [-0.2, 0) is 6.54 Å². The maximum Gasteiger partial charge on any atom is 0.288 e. The van der Waals surface area contributed by atoms with E-state index in [4.69, 9.17) is 5.73 Å². The fraction of sp³-hybridized carbons (Fsp3) is 0.143. The number of nitro benzene ring substituents is 1. The lowest BCUT2D eigenvalue weighted by atomic mass is 10.2. The minimum absolute atomic E-state index is 0. The maximum absolute atomic E-state index is 12.5. The van der Waals surface area contributed by atoms with Crippen LogP contribution in [0.5, 0.6) is 0 Å². The zero-order chi connectivity index (χ0) is 17.4. The molecular weight excluding hydrogens is 396 g/mol. The van der Waals surface area contributed by atoms with Crippen molar-refractivity contribution >= 4 is 45.7 Å². The van der Waals surface area contributed by atoms with Crippen LogP contribution in [0.4, 0.5) is 11.6 Å². The SMILES string of the molecule is Br.CC(=O)n1c(N)nc2ncn(Cc3ccc([N+](=O)[O-])cc3)c2c1=O. The molecule has 1 aromatic carbocycles. The van der Waals surface area contributed by atoms with E-state index in [2.05, 4.69) is 9.97 Å². The number of nitrogens with two attached hydrogens (primary N) is 1. The highest BCUT2D eigenvalue weighted by Crippen LogP contribution is 2.15. The summed E-state index contributed by atoms with van der Waals surface area (Å²) in [6.07, 6.45) is 1.41. The van der Waals surface area contributed by atoms with Gasteiger partial charge in [0.25, 0.3) is 11.2 Å². The van der Waals surface area contributed by atoms with Crippen molar-refractivity contribution in [3.05, 3.63) is 56.6 Å². The molecule has 0 aliphatic heterocycles. The lowest BCUT2D eigenvalue weighted by molar-refractivity contribution is -0.384. The molecule has 2 heterocycles. The molecule has 0 aliphatic rings. The molecule has 3 aromatic rings. The van der Waals surface area contributed by atoms with Gasteiger partial charge in [-0.3, -0.25) is 19.7 Å². The fourth-order valence-corrected chi connectivity index (χ4v) is 2.38. The van der Waals surface area contributed by atoms with Crippen molar-refractivity contribution in [2.24, 2.45) is 0 Å². The number of aromatic nitrogens is 4. The number of non-ortho nitro benzene ring substituents is 1. The topological polar surface area (TPSA) is 139 Å². The van der Waals surface area contributed by atoms with Crippen LogP contribution in [0.15, 0.2) is 35.4 Å². The van der Waals surface area contributed by atoms with Crippen LogP contribution in [-0.4, -0.2) is 29.9 Å². The third kappa shape index (κ3) is 3.26. The number of fused-ring (bicyclic) bond motifs is 1. The minimum Gasteiger partial charge on any atom is -0.369 e. The first-order valence-corrected chi connectivity index (χ1v) is 6.86. The average Bonchev–Trinajstić information content (AvgIpc) is 2.90. The van der Waals surface area contributed by atoms with E-state index >= 15 is 0 Å². The average molecular weight is 409 g/mol. The van der Waals surface area contributed by atoms with E-state index in [-0.39, 0.29) is 46.3 Å². The van der Waals surface area contributed by atoms with Crippen molar-refractivity contribution in [1.82, 2.24) is 19.1 Å². The van der Waals surface area contributed by atoms with E-state index < -0.39 is 16.4 Å². The van der Waals surface area contributed by atoms with Crippen molar-refractivity contribution in [3.8, 4) is 0 Å². The highest BCUT2D eigenvalue weighted by Gasteiger charge is 2.16. The van der Waals surface area contributed by atoms with E-state index in [1.54, 1.807) is 12.1 Å². The highest BCUT2D eigenvalue weighted by molar-refractivity contribution is 8.93. The Morgan fingerprint density at radius 2 is 1.96 bits per heavy atom. The third-order valence-corrected chi connectivity index (χ3v) is 3.49. The molecule has 130 valence electrons. The quantitative estimate of drug-likeness (QED) is 0.509. The van der Waals surface area contributed by atoms with Crippen LogP contribution >= 0.6 is 17.0 Å². The number of halogens is 1. The second-order valence-electron chi connectivity index (χ2n) is 5.10. The van der Waals surface area contributed by atoms with Gasteiger partial charge >= 0.3 is 0 Å². The van der Waals surface area contributed by atoms with Crippen molar-refractivity contribution in [2.75, 3.05) is 5.73 Å². The normalized spacial score (nSPS) is 10.4. The molecule has 0 saturated carbocycles. The van der Waals surface area contributed by atoms with E-state index in [1.165, 1.54) is 30.0 Å². The summed E-state index contributed by atoms with van der Waals surface area (Å²) in [6.45, 7) is 1.45. The van der Waals surface area contributed by atoms with Gasteiger partial charge < -0.3 is 10.3 Å². The lowest BCUT2D eigenvalue weighted by Gasteiger charge is -2.07. The van der Waals surface area contributed by atoms with E-state index in [1.807, 2.05) is 0 Å². The first kappa shape index (κ1) is 18.3. The molecular formula is C14H13BrN6O4. The van der Waals surface area contributed by atoms with Crippen molar-refractivity contribution in [3.63, 3.8) is 0 Å². The Labute approximate surface area is 150 Å². The molecule has 0 unspecified atom stereocenters. The molecule has 11 heteroatoms. The van der Waals surface area contributed by atoms with Gasteiger partial charge in [-0.2, -0.15) is 4.98 Å². The van der Waals surface area contributed by atoms with Crippen molar-refractivity contribution in [2.45, 2.75) is 13.5 Å².